The molecule has 7 heteroatoms. The number of hydrogen-bond acceptors (Lipinski definition) is 5. The van der Waals surface area contributed by atoms with Crippen LogP contribution >= 0.6 is 0 Å². The Morgan fingerprint density at radius 1 is 1.22 bits per heavy atom. The number of fused-ring (bicyclic) bond motifs is 1. The van der Waals surface area contributed by atoms with E-state index in [2.05, 4.69) is 20.0 Å². The van der Waals surface area contributed by atoms with Gasteiger partial charge in [-0.2, -0.15) is 5.10 Å². The highest BCUT2D eigenvalue weighted by molar-refractivity contribution is 5.38. The van der Waals surface area contributed by atoms with E-state index in [1.54, 1.807) is 0 Å². The van der Waals surface area contributed by atoms with Crippen molar-refractivity contribution in [2.24, 2.45) is 13.0 Å². The molecule has 2 aliphatic rings. The fourth-order valence-corrected chi connectivity index (χ4v) is 3.18. The van der Waals surface area contributed by atoms with E-state index in [4.69, 9.17) is 4.74 Å². The highest BCUT2D eigenvalue weighted by Gasteiger charge is 2.31. The van der Waals surface area contributed by atoms with Crippen molar-refractivity contribution in [3.05, 3.63) is 35.7 Å². The Kier molecular flexibility index (Phi) is 3.72. The average molecular weight is 317 g/mol. The summed E-state index contributed by atoms with van der Waals surface area (Å²) in [6.45, 7) is 2.95. The Morgan fingerprint density at radius 2 is 2.00 bits per heavy atom. The fraction of sp³-hybridized carbons (Fsp3) is 0.562. The first-order valence-corrected chi connectivity index (χ1v) is 8.01. The van der Waals surface area contributed by atoms with Crippen LogP contribution in [-0.2, 0) is 18.3 Å². The number of ether oxygens (including phenoxy) is 1. The van der Waals surface area contributed by atoms with Gasteiger partial charge in [0.05, 0.1) is 30.9 Å². The number of anilines is 1. The van der Waals surface area contributed by atoms with Crippen LogP contribution in [0.2, 0.25) is 0 Å². The van der Waals surface area contributed by atoms with Gasteiger partial charge < -0.3 is 9.64 Å². The highest BCUT2D eigenvalue weighted by Crippen LogP contribution is 2.32. The zero-order chi connectivity index (χ0) is 15.8. The molecule has 0 radical (unpaired) electrons. The van der Waals surface area contributed by atoms with Crippen molar-refractivity contribution in [1.29, 1.82) is 0 Å². The minimum atomic E-state index is -0.419. The molecule has 3 heterocycles. The second kappa shape index (κ2) is 5.88. The lowest BCUT2D eigenvalue weighted by atomic mass is 9.97. The van der Waals surface area contributed by atoms with Crippen LogP contribution in [0.3, 0.4) is 0 Å². The molecule has 1 aliphatic carbocycles. The van der Waals surface area contributed by atoms with Crippen molar-refractivity contribution >= 4 is 5.95 Å². The third kappa shape index (κ3) is 3.06. The first kappa shape index (κ1) is 14.6. The molecule has 1 atom stereocenters. The lowest BCUT2D eigenvalue weighted by Crippen LogP contribution is -2.37. The summed E-state index contributed by atoms with van der Waals surface area (Å²) in [4.78, 5) is 10.3. The molecular weight excluding hydrogens is 297 g/mol. The standard InChI is InChI=1S/C16H20FN5O/c1-21-15-12(4-20-21)7-22(16-18-5-14(17)6-19-16)8-13(15)10-23-9-11-2-3-11/h4-6,11,13H,2-3,7-10H2,1H3/t13-/m1/s1. The summed E-state index contributed by atoms with van der Waals surface area (Å²) in [6.07, 6.45) is 6.88. The van der Waals surface area contributed by atoms with Crippen LogP contribution in [0.1, 0.15) is 30.0 Å². The molecule has 0 amide bonds. The van der Waals surface area contributed by atoms with Crippen LogP contribution in [0.5, 0.6) is 0 Å². The Balaban J connectivity index is 1.53. The van der Waals surface area contributed by atoms with E-state index in [9.17, 15) is 4.39 Å². The molecule has 1 aliphatic heterocycles. The van der Waals surface area contributed by atoms with Gasteiger partial charge in [-0.15, -0.1) is 0 Å². The number of rotatable bonds is 5. The van der Waals surface area contributed by atoms with Crippen LogP contribution < -0.4 is 4.90 Å². The summed E-state index contributed by atoms with van der Waals surface area (Å²) in [5, 5.41) is 4.38. The lowest BCUT2D eigenvalue weighted by molar-refractivity contribution is 0.108. The van der Waals surface area contributed by atoms with Gasteiger partial charge in [0.1, 0.15) is 0 Å². The second-order valence-electron chi connectivity index (χ2n) is 6.44. The quantitative estimate of drug-likeness (QED) is 0.843. The Labute approximate surface area is 134 Å². The first-order chi connectivity index (χ1) is 11.2. The molecule has 0 unspecified atom stereocenters. The van der Waals surface area contributed by atoms with E-state index in [0.29, 0.717) is 19.1 Å². The van der Waals surface area contributed by atoms with Crippen molar-refractivity contribution in [2.75, 3.05) is 24.7 Å². The number of aryl methyl sites for hydroxylation is 1. The van der Waals surface area contributed by atoms with E-state index >= 15 is 0 Å². The smallest absolute Gasteiger partial charge is 0.225 e. The minimum absolute atomic E-state index is 0.221. The molecule has 0 saturated heterocycles. The summed E-state index contributed by atoms with van der Waals surface area (Å²) < 4.78 is 20.9. The maximum atomic E-state index is 13.0. The zero-order valence-electron chi connectivity index (χ0n) is 13.2. The van der Waals surface area contributed by atoms with Gasteiger partial charge in [-0.3, -0.25) is 4.68 Å². The van der Waals surface area contributed by atoms with Gasteiger partial charge in [0, 0.05) is 38.2 Å². The molecule has 2 aromatic rings. The zero-order valence-corrected chi connectivity index (χ0v) is 13.2. The number of aromatic nitrogens is 4. The molecule has 23 heavy (non-hydrogen) atoms. The molecule has 1 saturated carbocycles. The molecule has 0 aromatic carbocycles. The normalized spacial score (nSPS) is 20.6. The SMILES string of the molecule is Cn1ncc2c1[C@@H](COCC1CC1)CN(c1ncc(F)cn1)C2. The van der Waals surface area contributed by atoms with Gasteiger partial charge >= 0.3 is 0 Å². The summed E-state index contributed by atoms with van der Waals surface area (Å²) >= 11 is 0. The maximum Gasteiger partial charge on any atom is 0.225 e. The van der Waals surface area contributed by atoms with E-state index < -0.39 is 5.82 Å². The van der Waals surface area contributed by atoms with E-state index in [-0.39, 0.29) is 5.92 Å². The Hall–Kier alpha value is -2.02. The molecule has 1 fully saturated rings. The van der Waals surface area contributed by atoms with Crippen LogP contribution in [0.25, 0.3) is 0 Å². The van der Waals surface area contributed by atoms with Crippen molar-refractivity contribution < 1.29 is 9.13 Å². The summed E-state index contributed by atoms with van der Waals surface area (Å²) in [5.74, 6) is 1.10. The summed E-state index contributed by atoms with van der Waals surface area (Å²) in [5.41, 5.74) is 2.38. The average Bonchev–Trinajstić information content (AvgIpc) is 3.30. The predicted octanol–water partition coefficient (Wildman–Crippen LogP) is 1.88. The molecule has 4 rings (SSSR count). The predicted molar refractivity (Wildman–Crippen MR) is 82.5 cm³/mol. The molecule has 0 bridgehead atoms. The van der Waals surface area contributed by atoms with Crippen LogP contribution in [0.4, 0.5) is 10.3 Å². The maximum absolute atomic E-state index is 13.0. The number of hydrogen-bond donors (Lipinski definition) is 0. The molecule has 0 N–H and O–H groups in total. The minimum Gasteiger partial charge on any atom is -0.380 e. The third-order valence-corrected chi connectivity index (χ3v) is 4.51. The Morgan fingerprint density at radius 3 is 2.74 bits per heavy atom. The first-order valence-electron chi connectivity index (χ1n) is 8.01. The molecular formula is C16H20FN5O. The van der Waals surface area contributed by atoms with Gasteiger partial charge in [-0.05, 0) is 18.8 Å². The van der Waals surface area contributed by atoms with E-state index in [1.807, 2.05) is 17.9 Å². The summed E-state index contributed by atoms with van der Waals surface area (Å²) in [7, 11) is 1.97. The van der Waals surface area contributed by atoms with Gasteiger partial charge in [0.2, 0.25) is 5.95 Å². The van der Waals surface area contributed by atoms with Gasteiger partial charge in [0.25, 0.3) is 0 Å². The van der Waals surface area contributed by atoms with Crippen molar-refractivity contribution in [3.63, 3.8) is 0 Å². The molecule has 122 valence electrons. The van der Waals surface area contributed by atoms with Crippen molar-refractivity contribution in [2.45, 2.75) is 25.3 Å². The van der Waals surface area contributed by atoms with Gasteiger partial charge in [0.15, 0.2) is 5.82 Å². The largest absolute Gasteiger partial charge is 0.380 e. The van der Waals surface area contributed by atoms with Gasteiger partial charge in [-0.1, -0.05) is 0 Å². The number of nitrogens with zero attached hydrogens (tertiary/aromatic N) is 5. The molecule has 6 nitrogen and oxygen atoms in total. The van der Waals surface area contributed by atoms with E-state index in [0.717, 1.165) is 24.6 Å². The highest BCUT2D eigenvalue weighted by atomic mass is 19.1. The summed E-state index contributed by atoms with van der Waals surface area (Å²) in [6, 6.07) is 0. The number of halogens is 1. The molecule has 0 spiro atoms. The molecule has 2 aromatic heterocycles. The fourth-order valence-electron chi connectivity index (χ4n) is 3.18. The van der Waals surface area contributed by atoms with Crippen LogP contribution in [0.15, 0.2) is 18.6 Å². The van der Waals surface area contributed by atoms with Crippen molar-refractivity contribution in [3.8, 4) is 0 Å². The Bertz CT molecular complexity index is 682. The second-order valence-corrected chi connectivity index (χ2v) is 6.44. The monoisotopic (exact) mass is 317 g/mol. The van der Waals surface area contributed by atoms with Crippen LogP contribution in [-0.4, -0.2) is 39.5 Å². The topological polar surface area (TPSA) is 56.1 Å². The third-order valence-electron chi connectivity index (χ3n) is 4.51. The van der Waals surface area contributed by atoms with Crippen molar-refractivity contribution in [1.82, 2.24) is 19.7 Å². The van der Waals surface area contributed by atoms with Gasteiger partial charge in [-0.25, -0.2) is 14.4 Å². The van der Waals surface area contributed by atoms with E-state index in [1.165, 1.54) is 30.9 Å². The van der Waals surface area contributed by atoms with Crippen LogP contribution in [0, 0.1) is 11.7 Å². The lowest BCUT2D eigenvalue weighted by Gasteiger charge is -2.33.